The molecule has 3 unspecified atom stereocenters. The molecule has 1 saturated heterocycles. The molecule has 0 radical (unpaired) electrons. The van der Waals surface area contributed by atoms with Gasteiger partial charge in [0.2, 0.25) is 5.78 Å². The zero-order valence-corrected chi connectivity index (χ0v) is 15.3. The van der Waals surface area contributed by atoms with E-state index in [1.807, 2.05) is 44.2 Å². The number of benzene rings is 1. The maximum absolute atomic E-state index is 12.6. The Bertz CT molecular complexity index is 659. The normalized spacial score (nSPS) is 23.8. The van der Waals surface area contributed by atoms with Gasteiger partial charge in [0.05, 0.1) is 6.61 Å². The Morgan fingerprint density at radius 1 is 1.31 bits per heavy atom. The van der Waals surface area contributed by atoms with Crippen LogP contribution in [0.1, 0.15) is 32.8 Å². The van der Waals surface area contributed by atoms with Gasteiger partial charge >= 0.3 is 5.97 Å². The van der Waals surface area contributed by atoms with Crippen molar-refractivity contribution in [3.05, 3.63) is 35.9 Å². The van der Waals surface area contributed by atoms with Crippen molar-refractivity contribution in [3.63, 3.8) is 0 Å². The lowest BCUT2D eigenvalue weighted by Crippen LogP contribution is -2.52. The quantitative estimate of drug-likeness (QED) is 0.700. The molecule has 26 heavy (non-hydrogen) atoms. The average Bonchev–Trinajstić information content (AvgIpc) is 2.89. The maximum atomic E-state index is 12.6. The lowest BCUT2D eigenvalue weighted by atomic mass is 9.97. The summed E-state index contributed by atoms with van der Waals surface area (Å²) in [4.78, 5) is 36.2. The molecule has 0 aliphatic carbocycles. The van der Waals surface area contributed by atoms with Gasteiger partial charge in [0.15, 0.2) is 17.8 Å². The fraction of sp³-hybridized carbons (Fsp3) is 0.526. The molecule has 0 spiro atoms. The Morgan fingerprint density at radius 2 is 1.96 bits per heavy atom. The van der Waals surface area contributed by atoms with Gasteiger partial charge < -0.3 is 19.9 Å². The van der Waals surface area contributed by atoms with E-state index in [-0.39, 0.29) is 19.1 Å². The molecule has 1 aromatic rings. The zero-order valence-electron chi connectivity index (χ0n) is 15.3. The molecule has 142 valence electrons. The molecule has 0 aromatic heterocycles. The Hall–Kier alpha value is -2.25. The SMILES string of the molecule is CC(C)CC(OCc1ccccc1)C(=O)OC1C(=O)COC1(C)C(N)=O. The summed E-state index contributed by atoms with van der Waals surface area (Å²) in [5.41, 5.74) is 4.57. The molecule has 3 atom stereocenters. The Balaban J connectivity index is 2.08. The largest absolute Gasteiger partial charge is 0.449 e. The monoisotopic (exact) mass is 363 g/mol. The summed E-state index contributed by atoms with van der Waals surface area (Å²) in [7, 11) is 0. The predicted molar refractivity (Wildman–Crippen MR) is 92.9 cm³/mol. The van der Waals surface area contributed by atoms with E-state index in [4.69, 9.17) is 19.9 Å². The Morgan fingerprint density at radius 3 is 2.54 bits per heavy atom. The number of rotatable bonds is 8. The minimum atomic E-state index is -1.66. The minimum absolute atomic E-state index is 0.168. The highest BCUT2D eigenvalue weighted by Gasteiger charge is 2.53. The Kier molecular flexibility index (Phi) is 6.50. The maximum Gasteiger partial charge on any atom is 0.336 e. The van der Waals surface area contributed by atoms with Crippen LogP contribution in [-0.2, 0) is 35.2 Å². The van der Waals surface area contributed by atoms with E-state index < -0.39 is 35.5 Å². The van der Waals surface area contributed by atoms with Crippen LogP contribution in [0.25, 0.3) is 0 Å². The summed E-state index contributed by atoms with van der Waals surface area (Å²) >= 11 is 0. The molecule has 0 bridgehead atoms. The van der Waals surface area contributed by atoms with E-state index in [9.17, 15) is 14.4 Å². The molecule has 7 nitrogen and oxygen atoms in total. The number of ketones is 1. The molecule has 1 heterocycles. The number of Topliss-reactive ketones (excluding diaryl/α,β-unsaturated/α-hetero) is 1. The number of primary amides is 1. The summed E-state index contributed by atoms with van der Waals surface area (Å²) in [6, 6.07) is 9.41. The highest BCUT2D eigenvalue weighted by Crippen LogP contribution is 2.27. The van der Waals surface area contributed by atoms with Crippen molar-refractivity contribution in [2.75, 3.05) is 6.61 Å². The van der Waals surface area contributed by atoms with Crippen LogP contribution >= 0.6 is 0 Å². The number of ether oxygens (including phenoxy) is 3. The zero-order chi connectivity index (χ0) is 19.3. The van der Waals surface area contributed by atoms with Crippen molar-refractivity contribution < 1.29 is 28.6 Å². The molecule has 1 aliphatic rings. The molecular formula is C19H25NO6. The van der Waals surface area contributed by atoms with E-state index >= 15 is 0 Å². The standard InChI is InChI=1S/C19H25NO6/c1-12(2)9-15(24-10-13-7-5-4-6-8-13)17(22)26-16-14(21)11-25-19(16,3)18(20)23/h4-8,12,15-16H,9-11H2,1-3H3,(H2,20,23). The second-order valence-corrected chi connectivity index (χ2v) is 6.96. The number of hydrogen-bond acceptors (Lipinski definition) is 6. The van der Waals surface area contributed by atoms with Gasteiger partial charge in [-0.3, -0.25) is 9.59 Å². The van der Waals surface area contributed by atoms with Crippen LogP contribution < -0.4 is 5.73 Å². The van der Waals surface area contributed by atoms with Gasteiger partial charge in [-0.25, -0.2) is 4.79 Å². The van der Waals surface area contributed by atoms with Gasteiger partial charge in [0, 0.05) is 0 Å². The van der Waals surface area contributed by atoms with Crippen molar-refractivity contribution in [3.8, 4) is 0 Å². The second kappa shape index (κ2) is 8.42. The summed E-state index contributed by atoms with van der Waals surface area (Å²) in [5, 5.41) is 0. The van der Waals surface area contributed by atoms with Crippen molar-refractivity contribution >= 4 is 17.7 Å². The van der Waals surface area contributed by atoms with Crippen LogP contribution in [0.2, 0.25) is 0 Å². The van der Waals surface area contributed by atoms with Crippen molar-refractivity contribution in [2.45, 2.75) is 51.6 Å². The van der Waals surface area contributed by atoms with Gasteiger partial charge in [-0.1, -0.05) is 44.2 Å². The summed E-state index contributed by atoms with van der Waals surface area (Å²) in [6.45, 7) is 5.15. The van der Waals surface area contributed by atoms with Crippen molar-refractivity contribution in [1.29, 1.82) is 0 Å². The van der Waals surface area contributed by atoms with Crippen molar-refractivity contribution in [1.82, 2.24) is 0 Å². The topological polar surface area (TPSA) is 105 Å². The Labute approximate surface area is 152 Å². The number of hydrogen-bond donors (Lipinski definition) is 1. The number of esters is 1. The lowest BCUT2D eigenvalue weighted by Gasteiger charge is -2.27. The second-order valence-electron chi connectivity index (χ2n) is 6.96. The third kappa shape index (κ3) is 4.68. The third-order valence-electron chi connectivity index (χ3n) is 4.27. The fourth-order valence-corrected chi connectivity index (χ4v) is 2.68. The average molecular weight is 363 g/mol. The summed E-state index contributed by atoms with van der Waals surface area (Å²) in [6.07, 6.45) is -1.80. The highest BCUT2D eigenvalue weighted by atomic mass is 16.6. The summed E-state index contributed by atoms with van der Waals surface area (Å²) < 4.78 is 16.2. The summed E-state index contributed by atoms with van der Waals surface area (Å²) in [5.74, 6) is -1.88. The number of carbonyl (C=O) groups is 3. The molecule has 7 heteroatoms. The van der Waals surface area contributed by atoms with E-state index in [2.05, 4.69) is 0 Å². The van der Waals surface area contributed by atoms with Crippen LogP contribution in [0.3, 0.4) is 0 Å². The molecule has 1 fully saturated rings. The molecule has 1 aromatic carbocycles. The first-order chi connectivity index (χ1) is 12.2. The van der Waals surface area contributed by atoms with Crippen LogP contribution in [0.4, 0.5) is 0 Å². The third-order valence-corrected chi connectivity index (χ3v) is 4.27. The van der Waals surface area contributed by atoms with Crippen LogP contribution in [-0.4, -0.2) is 42.1 Å². The molecular weight excluding hydrogens is 338 g/mol. The van der Waals surface area contributed by atoms with E-state index in [0.29, 0.717) is 6.42 Å². The molecule has 1 amide bonds. The van der Waals surface area contributed by atoms with Gasteiger partial charge in [-0.05, 0) is 24.8 Å². The molecule has 2 N–H and O–H groups in total. The minimum Gasteiger partial charge on any atom is -0.449 e. The van der Waals surface area contributed by atoms with Crippen LogP contribution in [0.15, 0.2) is 30.3 Å². The number of amides is 1. The van der Waals surface area contributed by atoms with E-state index in [1.165, 1.54) is 6.92 Å². The van der Waals surface area contributed by atoms with Gasteiger partial charge in [0.25, 0.3) is 5.91 Å². The first-order valence-corrected chi connectivity index (χ1v) is 8.56. The lowest BCUT2D eigenvalue weighted by molar-refractivity contribution is -0.176. The molecule has 1 aliphatic heterocycles. The smallest absolute Gasteiger partial charge is 0.336 e. The first-order valence-electron chi connectivity index (χ1n) is 8.56. The van der Waals surface area contributed by atoms with Gasteiger partial charge in [-0.2, -0.15) is 0 Å². The first kappa shape index (κ1) is 20.1. The van der Waals surface area contributed by atoms with Crippen LogP contribution in [0, 0.1) is 5.92 Å². The fourth-order valence-electron chi connectivity index (χ4n) is 2.68. The van der Waals surface area contributed by atoms with Crippen molar-refractivity contribution in [2.24, 2.45) is 11.7 Å². The van der Waals surface area contributed by atoms with Gasteiger partial charge in [0.1, 0.15) is 6.61 Å². The number of nitrogens with two attached hydrogens (primary N) is 1. The molecule has 0 saturated carbocycles. The predicted octanol–water partition coefficient (Wildman–Crippen LogP) is 1.37. The number of carbonyl (C=O) groups excluding carboxylic acids is 3. The highest BCUT2D eigenvalue weighted by molar-refractivity contribution is 5.99. The van der Waals surface area contributed by atoms with Crippen LogP contribution in [0.5, 0.6) is 0 Å². The van der Waals surface area contributed by atoms with Gasteiger partial charge in [-0.15, -0.1) is 0 Å². The molecule has 2 rings (SSSR count). The van der Waals surface area contributed by atoms with E-state index in [1.54, 1.807) is 0 Å². The van der Waals surface area contributed by atoms with E-state index in [0.717, 1.165) is 5.56 Å².